The van der Waals surface area contributed by atoms with E-state index in [1.165, 1.54) is 24.6 Å². The molecule has 0 unspecified atom stereocenters. The summed E-state index contributed by atoms with van der Waals surface area (Å²) in [5, 5.41) is 7.53. The van der Waals surface area contributed by atoms with E-state index in [2.05, 4.69) is 24.5 Å². The molecule has 0 spiro atoms. The highest BCUT2D eigenvalue weighted by molar-refractivity contribution is 8.14. The summed E-state index contributed by atoms with van der Waals surface area (Å²) in [6.07, 6.45) is 2.36. The van der Waals surface area contributed by atoms with Crippen molar-refractivity contribution in [2.45, 2.75) is 19.8 Å². The molecule has 0 amide bonds. The van der Waals surface area contributed by atoms with E-state index in [1.807, 2.05) is 0 Å². The second-order valence-electron chi connectivity index (χ2n) is 1.64. The standard InChI is InChI=1S/C5H12N2S2.ClH/c1-2-3-4-9-5(6)7-8;/h8H,2-4H2,1H3,(H2,6,7);1H. The van der Waals surface area contributed by atoms with Gasteiger partial charge in [0.2, 0.25) is 0 Å². The third-order valence-electron chi connectivity index (χ3n) is 0.846. The van der Waals surface area contributed by atoms with Crippen LogP contribution >= 0.6 is 37.0 Å². The summed E-state index contributed by atoms with van der Waals surface area (Å²) in [6.45, 7) is 2.14. The van der Waals surface area contributed by atoms with Gasteiger partial charge in [-0.15, -0.1) is 12.4 Å². The molecule has 0 saturated carbocycles. The van der Waals surface area contributed by atoms with Crippen molar-refractivity contribution in [3.8, 4) is 0 Å². The normalized spacial score (nSPS) is 8.20. The number of unbranched alkanes of at least 4 members (excludes halogenated alkanes) is 1. The van der Waals surface area contributed by atoms with Gasteiger partial charge in [-0.25, -0.2) is 0 Å². The van der Waals surface area contributed by atoms with Gasteiger partial charge in [0.05, 0.1) is 0 Å². The van der Waals surface area contributed by atoms with Crippen LogP contribution in [0.5, 0.6) is 0 Å². The van der Waals surface area contributed by atoms with Gasteiger partial charge >= 0.3 is 0 Å². The van der Waals surface area contributed by atoms with Gasteiger partial charge in [-0.2, -0.15) is 0 Å². The Hall–Kier alpha value is 0.460. The number of thiol groups is 1. The summed E-state index contributed by atoms with van der Waals surface area (Å²) in [7, 11) is 0. The Morgan fingerprint density at radius 2 is 2.30 bits per heavy atom. The van der Waals surface area contributed by atoms with E-state index in [-0.39, 0.29) is 12.4 Å². The minimum Gasteiger partial charge on any atom is -0.312 e. The SMILES string of the molecule is CCCCSC(=N)NS.Cl. The Morgan fingerprint density at radius 3 is 2.70 bits per heavy atom. The molecule has 0 aliphatic carbocycles. The molecule has 62 valence electrons. The summed E-state index contributed by atoms with van der Waals surface area (Å²) in [6, 6.07) is 0. The highest BCUT2D eigenvalue weighted by Crippen LogP contribution is 2.03. The number of rotatable bonds is 3. The summed E-state index contributed by atoms with van der Waals surface area (Å²) in [5.41, 5.74) is 0. The quantitative estimate of drug-likeness (QED) is 0.283. The van der Waals surface area contributed by atoms with E-state index in [1.54, 1.807) is 0 Å². The first-order chi connectivity index (χ1) is 4.31. The maximum Gasteiger partial charge on any atom is 0.163 e. The summed E-state index contributed by atoms with van der Waals surface area (Å²) in [4.78, 5) is 0. The van der Waals surface area contributed by atoms with Crippen molar-refractivity contribution in [1.82, 2.24) is 4.72 Å². The van der Waals surface area contributed by atoms with E-state index >= 15 is 0 Å². The second kappa shape index (κ2) is 9.46. The lowest BCUT2D eigenvalue weighted by Gasteiger charge is -1.98. The number of amidine groups is 1. The van der Waals surface area contributed by atoms with Gasteiger partial charge in [-0.1, -0.05) is 37.9 Å². The fraction of sp³-hybridized carbons (Fsp3) is 0.800. The fourth-order valence-electron chi connectivity index (χ4n) is 0.351. The molecule has 0 aromatic heterocycles. The first-order valence-corrected chi connectivity index (χ1v) is 4.36. The third kappa shape index (κ3) is 8.46. The van der Waals surface area contributed by atoms with E-state index in [0.717, 1.165) is 5.75 Å². The predicted molar refractivity (Wildman–Crippen MR) is 54.5 cm³/mol. The average molecular weight is 201 g/mol. The molecule has 0 fully saturated rings. The van der Waals surface area contributed by atoms with Crippen LogP contribution in [0.3, 0.4) is 0 Å². The van der Waals surface area contributed by atoms with Crippen LogP contribution in [0.4, 0.5) is 0 Å². The molecule has 0 aliphatic rings. The first kappa shape index (κ1) is 13.1. The zero-order valence-electron chi connectivity index (χ0n) is 5.89. The summed E-state index contributed by atoms with van der Waals surface area (Å²) < 4.78 is 2.46. The van der Waals surface area contributed by atoms with Crippen LogP contribution in [-0.2, 0) is 0 Å². The first-order valence-electron chi connectivity index (χ1n) is 2.92. The molecule has 2 N–H and O–H groups in total. The lowest BCUT2D eigenvalue weighted by molar-refractivity contribution is 0.898. The van der Waals surface area contributed by atoms with E-state index in [9.17, 15) is 0 Å². The van der Waals surface area contributed by atoms with Gasteiger partial charge in [-0.05, 0) is 6.42 Å². The van der Waals surface area contributed by atoms with Crippen molar-refractivity contribution in [2.75, 3.05) is 5.75 Å². The highest BCUT2D eigenvalue weighted by atomic mass is 35.5. The van der Waals surface area contributed by atoms with Crippen molar-refractivity contribution in [1.29, 1.82) is 5.41 Å². The van der Waals surface area contributed by atoms with Gasteiger partial charge in [0.1, 0.15) is 0 Å². The van der Waals surface area contributed by atoms with E-state index < -0.39 is 0 Å². The molecule has 5 heteroatoms. The Bertz CT molecular complexity index is 89.7. The van der Waals surface area contributed by atoms with Crippen molar-refractivity contribution in [3.05, 3.63) is 0 Å². The number of thioether (sulfide) groups is 1. The van der Waals surface area contributed by atoms with Gasteiger partial charge in [0, 0.05) is 5.75 Å². The Balaban J connectivity index is 0. The predicted octanol–water partition coefficient (Wildman–Crippen LogP) is 2.31. The van der Waals surface area contributed by atoms with Crippen molar-refractivity contribution < 1.29 is 0 Å². The van der Waals surface area contributed by atoms with Crippen LogP contribution in [0.25, 0.3) is 0 Å². The molecule has 0 saturated heterocycles. The van der Waals surface area contributed by atoms with Crippen LogP contribution in [0, 0.1) is 5.41 Å². The maximum absolute atomic E-state index is 7.09. The van der Waals surface area contributed by atoms with Crippen LogP contribution in [0.15, 0.2) is 0 Å². The fourth-order valence-corrected chi connectivity index (χ4v) is 1.25. The van der Waals surface area contributed by atoms with Gasteiger partial charge in [-0.3, -0.25) is 5.41 Å². The van der Waals surface area contributed by atoms with Crippen LogP contribution in [0.1, 0.15) is 19.8 Å². The molecule has 0 bridgehead atoms. The Morgan fingerprint density at radius 1 is 1.70 bits per heavy atom. The molecular weight excluding hydrogens is 188 g/mol. The Labute approximate surface area is 78.0 Å². The lowest BCUT2D eigenvalue weighted by Crippen LogP contribution is -2.06. The second-order valence-corrected chi connectivity index (χ2v) is 2.97. The van der Waals surface area contributed by atoms with Crippen molar-refractivity contribution >= 4 is 42.2 Å². The molecule has 0 aliphatic heterocycles. The number of halogens is 1. The molecular formula is C5H13ClN2S2. The molecule has 0 radical (unpaired) electrons. The zero-order chi connectivity index (χ0) is 7.11. The summed E-state index contributed by atoms with van der Waals surface area (Å²) >= 11 is 5.22. The van der Waals surface area contributed by atoms with Gasteiger partial charge < -0.3 is 4.72 Å². The topological polar surface area (TPSA) is 35.9 Å². The van der Waals surface area contributed by atoms with Crippen LogP contribution in [-0.4, -0.2) is 10.9 Å². The largest absolute Gasteiger partial charge is 0.312 e. The molecule has 10 heavy (non-hydrogen) atoms. The lowest BCUT2D eigenvalue weighted by atomic mass is 10.4. The molecule has 0 aromatic carbocycles. The van der Waals surface area contributed by atoms with Crippen molar-refractivity contribution in [2.24, 2.45) is 0 Å². The van der Waals surface area contributed by atoms with E-state index in [0.29, 0.717) is 5.17 Å². The molecule has 2 nitrogen and oxygen atoms in total. The maximum atomic E-state index is 7.09. The monoisotopic (exact) mass is 200 g/mol. The van der Waals surface area contributed by atoms with Crippen molar-refractivity contribution in [3.63, 3.8) is 0 Å². The zero-order valence-corrected chi connectivity index (χ0v) is 8.41. The summed E-state index contributed by atoms with van der Waals surface area (Å²) in [5.74, 6) is 1.02. The highest BCUT2D eigenvalue weighted by Gasteiger charge is 1.91. The number of hydrogen-bond donors (Lipinski definition) is 3. The number of nitrogens with one attached hydrogen (secondary N) is 2. The molecule has 0 rings (SSSR count). The number of hydrogen-bond acceptors (Lipinski definition) is 3. The van der Waals surface area contributed by atoms with E-state index in [4.69, 9.17) is 5.41 Å². The third-order valence-corrected chi connectivity index (χ3v) is 2.10. The molecule has 0 atom stereocenters. The van der Waals surface area contributed by atoms with Gasteiger partial charge in [0.15, 0.2) is 5.17 Å². The smallest absolute Gasteiger partial charge is 0.163 e. The van der Waals surface area contributed by atoms with Gasteiger partial charge in [0.25, 0.3) is 0 Å². The minimum atomic E-state index is 0. The minimum absolute atomic E-state index is 0. The molecule has 0 aromatic rings. The molecule has 0 heterocycles. The van der Waals surface area contributed by atoms with Crippen LogP contribution < -0.4 is 4.72 Å². The van der Waals surface area contributed by atoms with Crippen LogP contribution in [0.2, 0.25) is 0 Å². The average Bonchev–Trinajstić information content (AvgIpc) is 1.89. The Kier molecular flexibility index (Phi) is 12.4.